The molecule has 0 aromatic rings. The molecule has 1 radical (unpaired) electrons. The molecule has 1 aliphatic rings. The Bertz CT molecular complexity index is 230. The van der Waals surface area contributed by atoms with Crippen molar-refractivity contribution < 1.29 is 9.45 Å². The van der Waals surface area contributed by atoms with Crippen molar-refractivity contribution in [2.24, 2.45) is 0 Å². The van der Waals surface area contributed by atoms with Crippen LogP contribution in [0.25, 0.3) is 0 Å². The largest absolute Gasteiger partial charge is 0.540 e. The molecule has 0 amide bonds. The molecule has 0 spiro atoms. The van der Waals surface area contributed by atoms with Gasteiger partial charge in [-0.15, -0.1) is 0 Å². The molecule has 0 fully saturated rings. The molecular formula is C8H12BN2O2. The van der Waals surface area contributed by atoms with Crippen LogP contribution in [0.2, 0.25) is 0 Å². The molecule has 1 atom stereocenters. The summed E-state index contributed by atoms with van der Waals surface area (Å²) < 4.78 is 4.71. The van der Waals surface area contributed by atoms with Gasteiger partial charge in [0.2, 0.25) is 0 Å². The molecule has 5 heteroatoms. The monoisotopic (exact) mass is 179 g/mol. The highest BCUT2D eigenvalue weighted by Gasteiger charge is 2.26. The third-order valence-corrected chi connectivity index (χ3v) is 1.98. The van der Waals surface area contributed by atoms with Crippen molar-refractivity contribution in [3.8, 4) is 0 Å². The van der Waals surface area contributed by atoms with Gasteiger partial charge in [0, 0.05) is 6.54 Å². The summed E-state index contributed by atoms with van der Waals surface area (Å²) in [6, 6.07) is -0.134. The van der Waals surface area contributed by atoms with E-state index in [0.717, 1.165) is 12.8 Å². The zero-order valence-electron chi connectivity index (χ0n) is 7.56. The topological polar surface area (TPSA) is 53.4 Å². The van der Waals surface area contributed by atoms with Crippen molar-refractivity contribution in [3.05, 3.63) is 12.2 Å². The molecule has 0 bridgehead atoms. The maximum atomic E-state index is 11.3. The summed E-state index contributed by atoms with van der Waals surface area (Å²) in [7, 11) is 1.42. The lowest BCUT2D eigenvalue weighted by atomic mass is 9.98. The van der Waals surface area contributed by atoms with E-state index in [4.69, 9.17) is 10.1 Å². The number of nitrogens with one attached hydrogen (secondary N) is 1. The molecule has 1 heterocycles. The summed E-state index contributed by atoms with van der Waals surface area (Å²) in [5.74, 6) is 0.0959. The zero-order valence-corrected chi connectivity index (χ0v) is 7.56. The van der Waals surface area contributed by atoms with E-state index in [1.807, 2.05) is 6.92 Å². The van der Waals surface area contributed by atoms with Gasteiger partial charge in [0.25, 0.3) is 0 Å². The standard InChI is InChI=1S/C8H12BN2O2/c1-2-7-8(12)4-3-5-11(7)9-13-6-10/h3-4,6-7,10H,2,5H2,1H3/t7-/m1/s1. The predicted octanol–water partition coefficient (Wildman–Crippen LogP) is 0.364. The van der Waals surface area contributed by atoms with Crippen molar-refractivity contribution in [1.82, 2.24) is 4.81 Å². The highest BCUT2D eigenvalue weighted by molar-refractivity contribution is 6.27. The lowest BCUT2D eigenvalue weighted by Gasteiger charge is -2.28. The van der Waals surface area contributed by atoms with Gasteiger partial charge in [0.1, 0.15) is 6.40 Å². The minimum atomic E-state index is -0.134. The van der Waals surface area contributed by atoms with E-state index in [0.29, 0.717) is 6.54 Å². The number of nitrogens with zero attached hydrogens (tertiary/aromatic N) is 1. The van der Waals surface area contributed by atoms with Crippen LogP contribution in [-0.4, -0.2) is 37.2 Å². The average molecular weight is 179 g/mol. The molecule has 4 nitrogen and oxygen atoms in total. The van der Waals surface area contributed by atoms with Crippen LogP contribution in [0.4, 0.5) is 0 Å². The molecule has 0 aromatic carbocycles. The molecular weight excluding hydrogens is 167 g/mol. The van der Waals surface area contributed by atoms with Crippen LogP contribution >= 0.6 is 0 Å². The Labute approximate surface area is 78.4 Å². The van der Waals surface area contributed by atoms with Gasteiger partial charge in [0.05, 0.1) is 6.04 Å². The molecule has 0 aliphatic carbocycles. The molecule has 0 unspecified atom stereocenters. The van der Waals surface area contributed by atoms with E-state index in [2.05, 4.69) is 0 Å². The fourth-order valence-electron chi connectivity index (χ4n) is 1.35. The lowest BCUT2D eigenvalue weighted by molar-refractivity contribution is -0.118. The third-order valence-electron chi connectivity index (χ3n) is 1.98. The number of ketones is 1. The van der Waals surface area contributed by atoms with Crippen LogP contribution in [0.1, 0.15) is 13.3 Å². The Morgan fingerprint density at radius 3 is 3.31 bits per heavy atom. The molecule has 13 heavy (non-hydrogen) atoms. The fourth-order valence-corrected chi connectivity index (χ4v) is 1.35. The fraction of sp³-hybridized carbons (Fsp3) is 0.500. The SMILES string of the molecule is CC[C@@H]1C(=O)C=CCN1[B]OC=N. The van der Waals surface area contributed by atoms with Crippen LogP contribution < -0.4 is 0 Å². The van der Waals surface area contributed by atoms with Crippen molar-refractivity contribution in [3.63, 3.8) is 0 Å². The Morgan fingerprint density at radius 2 is 2.69 bits per heavy atom. The Kier molecular flexibility index (Phi) is 3.70. The van der Waals surface area contributed by atoms with Crippen molar-refractivity contribution in [2.75, 3.05) is 6.54 Å². The average Bonchev–Trinajstić information content (AvgIpc) is 2.15. The van der Waals surface area contributed by atoms with Crippen molar-refractivity contribution in [1.29, 1.82) is 5.41 Å². The maximum absolute atomic E-state index is 11.3. The van der Waals surface area contributed by atoms with Gasteiger partial charge < -0.3 is 4.65 Å². The van der Waals surface area contributed by atoms with Crippen LogP contribution in [0, 0.1) is 5.41 Å². The van der Waals surface area contributed by atoms with E-state index in [1.165, 1.54) is 7.62 Å². The van der Waals surface area contributed by atoms with Gasteiger partial charge in [-0.3, -0.25) is 15.0 Å². The second kappa shape index (κ2) is 4.82. The maximum Gasteiger partial charge on any atom is 0.481 e. The third kappa shape index (κ3) is 2.42. The minimum Gasteiger partial charge on any atom is -0.540 e. The Morgan fingerprint density at radius 1 is 1.92 bits per heavy atom. The zero-order chi connectivity index (χ0) is 9.68. The number of hydrogen-bond acceptors (Lipinski definition) is 4. The smallest absolute Gasteiger partial charge is 0.481 e. The number of hydrogen-bond donors (Lipinski definition) is 1. The Hall–Kier alpha value is -1.10. The summed E-state index contributed by atoms with van der Waals surface area (Å²) in [4.78, 5) is 13.1. The summed E-state index contributed by atoms with van der Waals surface area (Å²) in [5.41, 5.74) is 0. The summed E-state index contributed by atoms with van der Waals surface area (Å²) in [6.45, 7) is 2.62. The van der Waals surface area contributed by atoms with E-state index in [9.17, 15) is 4.79 Å². The van der Waals surface area contributed by atoms with Crippen LogP contribution in [0.3, 0.4) is 0 Å². The minimum absolute atomic E-state index is 0.0959. The van der Waals surface area contributed by atoms with E-state index < -0.39 is 0 Å². The molecule has 1 N–H and O–H groups in total. The number of carbonyl (C=O) groups excluding carboxylic acids is 1. The second-order valence-corrected chi connectivity index (χ2v) is 2.78. The highest BCUT2D eigenvalue weighted by atomic mass is 16.4. The van der Waals surface area contributed by atoms with Gasteiger partial charge in [-0.05, 0) is 12.5 Å². The lowest BCUT2D eigenvalue weighted by Crippen LogP contribution is -2.45. The van der Waals surface area contributed by atoms with Crippen molar-refractivity contribution in [2.45, 2.75) is 19.4 Å². The van der Waals surface area contributed by atoms with E-state index >= 15 is 0 Å². The van der Waals surface area contributed by atoms with E-state index in [-0.39, 0.29) is 11.8 Å². The van der Waals surface area contributed by atoms with E-state index in [1.54, 1.807) is 17.0 Å². The van der Waals surface area contributed by atoms with Gasteiger partial charge in [-0.1, -0.05) is 13.0 Å². The predicted molar refractivity (Wildman–Crippen MR) is 50.6 cm³/mol. The van der Waals surface area contributed by atoms with Gasteiger partial charge in [-0.25, -0.2) is 0 Å². The molecule has 0 saturated carbocycles. The Balaban J connectivity index is 2.56. The van der Waals surface area contributed by atoms with Crippen LogP contribution in [-0.2, 0) is 9.45 Å². The summed E-state index contributed by atoms with van der Waals surface area (Å²) in [5, 5.41) is 6.69. The number of carbonyl (C=O) groups is 1. The highest BCUT2D eigenvalue weighted by Crippen LogP contribution is 2.09. The van der Waals surface area contributed by atoms with Crippen LogP contribution in [0.5, 0.6) is 0 Å². The first-order chi connectivity index (χ1) is 6.29. The molecule has 1 rings (SSSR count). The molecule has 1 aliphatic heterocycles. The first-order valence-electron chi connectivity index (χ1n) is 4.23. The number of rotatable bonds is 4. The quantitative estimate of drug-likeness (QED) is 0.385. The van der Waals surface area contributed by atoms with Crippen molar-refractivity contribution >= 4 is 19.8 Å². The van der Waals surface area contributed by atoms with Gasteiger partial charge in [0.15, 0.2) is 5.78 Å². The molecule has 0 saturated heterocycles. The van der Waals surface area contributed by atoms with Gasteiger partial charge in [-0.2, -0.15) is 0 Å². The first kappa shape index (κ1) is 9.99. The summed E-state index contributed by atoms with van der Waals surface area (Å²) in [6.07, 6.45) is 4.98. The first-order valence-corrected chi connectivity index (χ1v) is 4.23. The normalized spacial score (nSPS) is 22.8. The summed E-state index contributed by atoms with van der Waals surface area (Å²) >= 11 is 0. The molecule has 0 aromatic heterocycles. The molecule has 69 valence electrons. The second-order valence-electron chi connectivity index (χ2n) is 2.78. The van der Waals surface area contributed by atoms with Gasteiger partial charge >= 0.3 is 7.62 Å². The van der Waals surface area contributed by atoms with Crippen LogP contribution in [0.15, 0.2) is 12.2 Å².